The molecule has 1 aromatic heterocycles. The lowest BCUT2D eigenvalue weighted by molar-refractivity contribution is 0.115. The maximum absolute atomic E-state index is 11.6. The van der Waals surface area contributed by atoms with Crippen molar-refractivity contribution in [2.75, 3.05) is 12.3 Å². The molecule has 7 nitrogen and oxygen atoms in total. The molecule has 0 aliphatic heterocycles. The molecule has 0 radical (unpaired) electrons. The fourth-order valence-corrected chi connectivity index (χ4v) is 1.93. The number of aliphatic hydroxyl groups excluding tert-OH is 3. The zero-order valence-electron chi connectivity index (χ0n) is 8.95. The number of nitrogens with zero attached hydrogens (tertiary/aromatic N) is 2. The van der Waals surface area contributed by atoms with Crippen LogP contribution in [0.5, 0.6) is 0 Å². The van der Waals surface area contributed by atoms with Crippen molar-refractivity contribution >= 4 is 5.82 Å². The van der Waals surface area contributed by atoms with Gasteiger partial charge < -0.3 is 21.1 Å². The average Bonchev–Trinajstić information content (AvgIpc) is 2.57. The van der Waals surface area contributed by atoms with Crippen LogP contribution >= 0.6 is 0 Å². The number of nitrogen functional groups attached to an aromatic ring is 1. The Morgan fingerprint density at radius 3 is 2.82 bits per heavy atom. The van der Waals surface area contributed by atoms with E-state index >= 15 is 0 Å². The van der Waals surface area contributed by atoms with Crippen molar-refractivity contribution in [1.29, 1.82) is 0 Å². The predicted octanol–water partition coefficient (Wildman–Crippen LogP) is -1.06. The molecule has 0 bridgehead atoms. The molecule has 0 saturated heterocycles. The van der Waals surface area contributed by atoms with Crippen LogP contribution < -0.4 is 11.4 Å². The number of nitrogens with two attached hydrogens (primary N) is 1. The van der Waals surface area contributed by atoms with Gasteiger partial charge in [0.2, 0.25) is 0 Å². The van der Waals surface area contributed by atoms with Gasteiger partial charge in [-0.05, 0) is 18.1 Å². The number of rotatable bonds is 2. The average molecular weight is 239 g/mol. The van der Waals surface area contributed by atoms with Crippen molar-refractivity contribution in [3.8, 4) is 0 Å². The van der Waals surface area contributed by atoms with Crippen LogP contribution in [0.3, 0.4) is 0 Å². The molecule has 0 amide bonds. The fourth-order valence-electron chi connectivity index (χ4n) is 1.93. The highest BCUT2D eigenvalue weighted by atomic mass is 16.3. The van der Waals surface area contributed by atoms with Crippen molar-refractivity contribution in [1.82, 2.24) is 9.55 Å². The Kier molecular flexibility index (Phi) is 2.86. The maximum Gasteiger partial charge on any atom is 0.349 e. The highest BCUT2D eigenvalue weighted by Gasteiger charge is 2.34. The molecule has 92 valence electrons. The molecule has 2 rings (SSSR count). The van der Waals surface area contributed by atoms with Crippen molar-refractivity contribution in [2.45, 2.75) is 18.6 Å². The van der Waals surface area contributed by atoms with Gasteiger partial charge in [0.1, 0.15) is 17.7 Å². The molecule has 0 saturated carbocycles. The van der Waals surface area contributed by atoms with Gasteiger partial charge in [-0.1, -0.05) is 0 Å². The maximum atomic E-state index is 11.6. The van der Waals surface area contributed by atoms with E-state index in [1.165, 1.54) is 16.8 Å². The van der Waals surface area contributed by atoms with E-state index in [2.05, 4.69) is 4.98 Å². The molecule has 1 aliphatic rings. The van der Waals surface area contributed by atoms with E-state index in [0.29, 0.717) is 5.57 Å². The minimum atomic E-state index is -1.21. The zero-order valence-corrected chi connectivity index (χ0v) is 8.95. The van der Waals surface area contributed by atoms with Crippen molar-refractivity contribution in [2.24, 2.45) is 0 Å². The van der Waals surface area contributed by atoms with E-state index in [0.717, 1.165) is 0 Å². The second-order valence-corrected chi connectivity index (χ2v) is 3.91. The normalized spacial score (nSPS) is 24.4. The van der Waals surface area contributed by atoms with Crippen LogP contribution in [0, 0.1) is 0 Å². The monoisotopic (exact) mass is 239 g/mol. The van der Waals surface area contributed by atoms with Crippen molar-refractivity contribution < 1.29 is 15.3 Å². The molecule has 1 aromatic rings. The van der Waals surface area contributed by atoms with Crippen LogP contribution in [-0.2, 0) is 0 Å². The molecule has 1 unspecified atom stereocenters. The van der Waals surface area contributed by atoms with Gasteiger partial charge in [-0.15, -0.1) is 0 Å². The van der Waals surface area contributed by atoms with Crippen LogP contribution in [-0.4, -0.2) is 37.6 Å². The van der Waals surface area contributed by atoms with Gasteiger partial charge in [-0.25, -0.2) is 4.79 Å². The summed E-state index contributed by atoms with van der Waals surface area (Å²) in [6, 6.07) is 0.778. The Morgan fingerprint density at radius 1 is 1.59 bits per heavy atom. The lowest BCUT2D eigenvalue weighted by Crippen LogP contribution is -2.32. The summed E-state index contributed by atoms with van der Waals surface area (Å²) < 4.78 is 1.19. The number of aromatic nitrogens is 2. The largest absolute Gasteiger partial charge is 0.509 e. The number of hydrogen-bond acceptors (Lipinski definition) is 6. The van der Waals surface area contributed by atoms with E-state index in [4.69, 9.17) is 10.8 Å². The molecule has 0 fully saturated rings. The van der Waals surface area contributed by atoms with Crippen LogP contribution in [0.15, 0.2) is 28.4 Å². The van der Waals surface area contributed by atoms with E-state index in [1.807, 2.05) is 0 Å². The highest BCUT2D eigenvalue weighted by molar-refractivity contribution is 5.26. The molecular formula is C10H13N3O4. The summed E-state index contributed by atoms with van der Waals surface area (Å²) in [5.74, 6) is -0.181. The Hall–Kier alpha value is -1.86. The minimum absolute atomic E-state index is 0.0956. The number of aliphatic hydroxyl groups is 3. The first kappa shape index (κ1) is 11.6. The van der Waals surface area contributed by atoms with Gasteiger partial charge in [-0.2, -0.15) is 4.98 Å². The summed E-state index contributed by atoms with van der Waals surface area (Å²) in [6.07, 6.45) is 0.404. The fraction of sp³-hybridized carbons (Fsp3) is 0.400. The third-order valence-electron chi connectivity index (χ3n) is 2.86. The second kappa shape index (κ2) is 4.19. The van der Waals surface area contributed by atoms with Crippen molar-refractivity contribution in [3.63, 3.8) is 0 Å². The lowest BCUT2D eigenvalue weighted by Gasteiger charge is -2.17. The summed E-state index contributed by atoms with van der Waals surface area (Å²) in [4.78, 5) is 15.1. The van der Waals surface area contributed by atoms with E-state index < -0.39 is 17.8 Å². The zero-order chi connectivity index (χ0) is 12.6. The standard InChI is InChI=1S/C10H13N3O4/c11-7-1-2-13(10(17)12-7)6-3-5(4-14)8(15)9(6)16/h1-2,6,9,14-16H,3-4H2,(H2,11,12,17)/t6-,9?/m1/s1. The van der Waals surface area contributed by atoms with Gasteiger partial charge in [0, 0.05) is 6.20 Å². The first-order chi connectivity index (χ1) is 8.04. The molecule has 7 heteroatoms. The molecule has 1 aliphatic carbocycles. The van der Waals surface area contributed by atoms with E-state index in [1.54, 1.807) is 0 Å². The Morgan fingerprint density at radius 2 is 2.29 bits per heavy atom. The molecule has 0 aromatic carbocycles. The van der Waals surface area contributed by atoms with E-state index in [9.17, 15) is 15.0 Å². The molecule has 0 spiro atoms. The van der Waals surface area contributed by atoms with Crippen LogP contribution in [0.4, 0.5) is 5.82 Å². The molecule has 5 N–H and O–H groups in total. The summed E-state index contributed by atoms with van der Waals surface area (Å²) in [5.41, 5.74) is 5.08. The molecule has 2 atom stereocenters. The van der Waals surface area contributed by atoms with Crippen molar-refractivity contribution in [3.05, 3.63) is 34.1 Å². The quantitative estimate of drug-likeness (QED) is 0.521. The van der Waals surface area contributed by atoms with Gasteiger partial charge in [0.15, 0.2) is 0 Å². The third-order valence-corrected chi connectivity index (χ3v) is 2.86. The Labute approximate surface area is 96.5 Å². The first-order valence-corrected chi connectivity index (χ1v) is 5.09. The molecular weight excluding hydrogens is 226 g/mol. The minimum Gasteiger partial charge on any atom is -0.509 e. The van der Waals surface area contributed by atoms with Crippen LogP contribution in [0.25, 0.3) is 0 Å². The number of hydrogen-bond donors (Lipinski definition) is 4. The summed E-state index contributed by atoms with van der Waals surface area (Å²) >= 11 is 0. The van der Waals surface area contributed by atoms with E-state index in [-0.39, 0.29) is 24.6 Å². The topological polar surface area (TPSA) is 122 Å². The molecule has 17 heavy (non-hydrogen) atoms. The van der Waals surface area contributed by atoms with Gasteiger partial charge in [-0.3, -0.25) is 4.57 Å². The Bertz CT molecular complexity index is 523. The van der Waals surface area contributed by atoms with Crippen LogP contribution in [0.2, 0.25) is 0 Å². The summed E-state index contributed by atoms with van der Waals surface area (Å²) in [5, 5.41) is 28.3. The van der Waals surface area contributed by atoms with Gasteiger partial charge in [0.25, 0.3) is 0 Å². The van der Waals surface area contributed by atoms with Gasteiger partial charge in [0.05, 0.1) is 12.6 Å². The van der Waals surface area contributed by atoms with Gasteiger partial charge >= 0.3 is 5.69 Å². The summed E-state index contributed by atoms with van der Waals surface area (Å²) in [7, 11) is 0. The lowest BCUT2D eigenvalue weighted by atomic mass is 10.1. The number of anilines is 1. The second-order valence-electron chi connectivity index (χ2n) is 3.91. The smallest absolute Gasteiger partial charge is 0.349 e. The highest BCUT2D eigenvalue weighted by Crippen LogP contribution is 2.32. The predicted molar refractivity (Wildman–Crippen MR) is 59.3 cm³/mol. The Balaban J connectivity index is 2.35. The molecule has 1 heterocycles. The van der Waals surface area contributed by atoms with Crippen LogP contribution in [0.1, 0.15) is 12.5 Å². The first-order valence-electron chi connectivity index (χ1n) is 5.09. The SMILES string of the molecule is Nc1ccn([C@@H]2CC(CO)=C(O)C2O)c(=O)n1. The third kappa shape index (κ3) is 1.90. The summed E-state index contributed by atoms with van der Waals surface area (Å²) in [6.45, 7) is -0.351.